The summed E-state index contributed by atoms with van der Waals surface area (Å²) in [5.41, 5.74) is -0.197. The minimum Gasteiger partial charge on any atom is -0.294 e. The zero-order valence-corrected chi connectivity index (χ0v) is 9.35. The van der Waals surface area contributed by atoms with Crippen molar-refractivity contribution < 1.29 is 18.0 Å². The fourth-order valence-corrected chi connectivity index (χ4v) is 1.42. The molecular formula is C12H13F3O. The molecule has 0 aliphatic carbocycles. The average molecular weight is 230 g/mol. The Balaban J connectivity index is 3.24. The average Bonchev–Trinajstić information content (AvgIpc) is 2.14. The van der Waals surface area contributed by atoms with Crippen LogP contribution < -0.4 is 0 Å². The smallest absolute Gasteiger partial charge is 0.294 e. The Hall–Kier alpha value is -1.32. The van der Waals surface area contributed by atoms with E-state index in [1.807, 2.05) is 0 Å². The van der Waals surface area contributed by atoms with E-state index in [9.17, 15) is 18.0 Å². The molecule has 0 fully saturated rings. The summed E-state index contributed by atoms with van der Waals surface area (Å²) in [6.45, 7) is 4.88. The van der Waals surface area contributed by atoms with E-state index < -0.39 is 11.7 Å². The second-order valence-corrected chi connectivity index (χ2v) is 4.10. The molecule has 0 atom stereocenters. The number of hydrogen-bond donors (Lipinski definition) is 0. The Kier molecular flexibility index (Phi) is 3.41. The first kappa shape index (κ1) is 12.7. The zero-order valence-electron chi connectivity index (χ0n) is 9.35. The number of rotatable bonds is 2. The normalized spacial score (nSPS) is 11.9. The molecule has 1 aromatic rings. The van der Waals surface area contributed by atoms with Crippen LogP contribution in [0.1, 0.15) is 35.3 Å². The van der Waals surface area contributed by atoms with E-state index in [4.69, 9.17) is 0 Å². The van der Waals surface area contributed by atoms with Crippen LogP contribution >= 0.6 is 0 Å². The van der Waals surface area contributed by atoms with Crippen LogP contribution in [-0.4, -0.2) is 5.78 Å². The summed E-state index contributed by atoms with van der Waals surface area (Å²) in [6.07, 6.45) is -4.40. The summed E-state index contributed by atoms with van der Waals surface area (Å²) in [4.78, 5) is 11.6. The number of aryl methyl sites for hydroxylation is 1. The number of Topliss-reactive ketones (excluding diaryl/α,β-unsaturated/α-hetero) is 1. The largest absolute Gasteiger partial charge is 0.416 e. The van der Waals surface area contributed by atoms with Gasteiger partial charge in [-0.1, -0.05) is 13.8 Å². The lowest BCUT2D eigenvalue weighted by Crippen LogP contribution is -2.11. The van der Waals surface area contributed by atoms with E-state index in [2.05, 4.69) is 0 Å². The first-order valence-electron chi connectivity index (χ1n) is 4.95. The monoisotopic (exact) mass is 230 g/mol. The highest BCUT2D eigenvalue weighted by Gasteiger charge is 2.31. The van der Waals surface area contributed by atoms with E-state index in [1.54, 1.807) is 20.8 Å². The molecule has 0 saturated carbocycles. The summed E-state index contributed by atoms with van der Waals surface area (Å²) in [7, 11) is 0. The summed E-state index contributed by atoms with van der Waals surface area (Å²) < 4.78 is 37.5. The van der Waals surface area contributed by atoms with Crippen LogP contribution in [0.5, 0.6) is 0 Å². The van der Waals surface area contributed by atoms with Gasteiger partial charge in [0.05, 0.1) is 5.56 Å². The maximum absolute atomic E-state index is 12.5. The molecule has 0 saturated heterocycles. The van der Waals surface area contributed by atoms with E-state index in [0.29, 0.717) is 5.56 Å². The number of ketones is 1. The van der Waals surface area contributed by atoms with Gasteiger partial charge in [-0.2, -0.15) is 13.2 Å². The van der Waals surface area contributed by atoms with Crippen LogP contribution in [0.2, 0.25) is 0 Å². The number of alkyl halides is 3. The van der Waals surface area contributed by atoms with Crippen LogP contribution in [-0.2, 0) is 6.18 Å². The van der Waals surface area contributed by atoms with Crippen LogP contribution in [0.15, 0.2) is 18.2 Å². The molecule has 88 valence electrons. The SMILES string of the molecule is Cc1cc(C(=O)C(C)C)cc(C(F)(F)F)c1. The fourth-order valence-electron chi connectivity index (χ4n) is 1.42. The van der Waals surface area contributed by atoms with E-state index in [-0.39, 0.29) is 17.3 Å². The number of hydrogen-bond acceptors (Lipinski definition) is 1. The molecule has 0 heterocycles. The fraction of sp³-hybridized carbons (Fsp3) is 0.417. The molecular weight excluding hydrogens is 217 g/mol. The second-order valence-electron chi connectivity index (χ2n) is 4.10. The third-order valence-corrected chi connectivity index (χ3v) is 2.21. The first-order chi connectivity index (χ1) is 7.21. The predicted octanol–water partition coefficient (Wildman–Crippen LogP) is 3.85. The third kappa shape index (κ3) is 2.84. The highest BCUT2D eigenvalue weighted by molar-refractivity contribution is 5.97. The van der Waals surface area contributed by atoms with Crippen LogP contribution in [0.3, 0.4) is 0 Å². The van der Waals surface area contributed by atoms with Crippen molar-refractivity contribution in [3.8, 4) is 0 Å². The Bertz CT molecular complexity index is 405. The summed E-state index contributed by atoms with van der Waals surface area (Å²) in [5.74, 6) is -0.572. The van der Waals surface area contributed by atoms with Crippen molar-refractivity contribution in [1.82, 2.24) is 0 Å². The molecule has 0 amide bonds. The minimum atomic E-state index is -4.40. The van der Waals surface area contributed by atoms with Crippen molar-refractivity contribution in [2.24, 2.45) is 5.92 Å². The van der Waals surface area contributed by atoms with Gasteiger partial charge in [0.1, 0.15) is 0 Å². The molecule has 0 N–H and O–H groups in total. The topological polar surface area (TPSA) is 17.1 Å². The van der Waals surface area contributed by atoms with Crippen molar-refractivity contribution in [2.45, 2.75) is 26.9 Å². The van der Waals surface area contributed by atoms with Gasteiger partial charge in [0.25, 0.3) is 0 Å². The van der Waals surface area contributed by atoms with Gasteiger partial charge in [-0.15, -0.1) is 0 Å². The predicted molar refractivity (Wildman–Crippen MR) is 55.3 cm³/mol. The van der Waals surface area contributed by atoms with Gasteiger partial charge in [-0.05, 0) is 30.7 Å². The molecule has 1 nitrogen and oxygen atoms in total. The van der Waals surface area contributed by atoms with E-state index >= 15 is 0 Å². The van der Waals surface area contributed by atoms with E-state index in [1.165, 1.54) is 6.07 Å². The van der Waals surface area contributed by atoms with Crippen molar-refractivity contribution in [2.75, 3.05) is 0 Å². The number of benzene rings is 1. The van der Waals surface area contributed by atoms with Crippen molar-refractivity contribution in [1.29, 1.82) is 0 Å². The second kappa shape index (κ2) is 4.28. The number of carbonyl (C=O) groups is 1. The van der Waals surface area contributed by atoms with Gasteiger partial charge in [0.2, 0.25) is 0 Å². The van der Waals surface area contributed by atoms with E-state index in [0.717, 1.165) is 12.1 Å². The molecule has 0 spiro atoms. The maximum atomic E-state index is 12.5. The lowest BCUT2D eigenvalue weighted by molar-refractivity contribution is -0.137. The van der Waals surface area contributed by atoms with Gasteiger partial charge in [-0.3, -0.25) is 4.79 Å². The maximum Gasteiger partial charge on any atom is 0.416 e. The van der Waals surface area contributed by atoms with Crippen LogP contribution in [0, 0.1) is 12.8 Å². The zero-order chi connectivity index (χ0) is 12.5. The minimum absolute atomic E-state index is 0.127. The van der Waals surface area contributed by atoms with Crippen LogP contribution in [0.4, 0.5) is 13.2 Å². The molecule has 16 heavy (non-hydrogen) atoms. The highest BCUT2D eigenvalue weighted by atomic mass is 19.4. The lowest BCUT2D eigenvalue weighted by atomic mass is 9.97. The van der Waals surface area contributed by atoms with Crippen molar-refractivity contribution in [3.63, 3.8) is 0 Å². The Morgan fingerprint density at radius 1 is 1.19 bits per heavy atom. The molecule has 0 unspecified atom stereocenters. The summed E-state index contributed by atoms with van der Waals surface area (Å²) in [6, 6.07) is 3.43. The van der Waals surface area contributed by atoms with Crippen molar-refractivity contribution in [3.05, 3.63) is 34.9 Å². The molecule has 0 aromatic heterocycles. The molecule has 1 aromatic carbocycles. The van der Waals surface area contributed by atoms with Crippen LogP contribution in [0.25, 0.3) is 0 Å². The lowest BCUT2D eigenvalue weighted by Gasteiger charge is -2.11. The Labute approximate surface area is 92.3 Å². The number of halogens is 3. The quantitative estimate of drug-likeness (QED) is 0.705. The standard InChI is InChI=1S/C12H13F3O/c1-7(2)11(16)9-4-8(3)5-10(6-9)12(13,14)15/h4-7H,1-3H3. The van der Waals surface area contributed by atoms with Gasteiger partial charge < -0.3 is 0 Å². The summed E-state index contributed by atoms with van der Waals surface area (Å²) in [5, 5.41) is 0. The molecule has 0 aliphatic rings. The van der Waals surface area contributed by atoms with Gasteiger partial charge in [0.15, 0.2) is 5.78 Å². The van der Waals surface area contributed by atoms with Gasteiger partial charge >= 0.3 is 6.18 Å². The molecule has 0 radical (unpaired) electrons. The van der Waals surface area contributed by atoms with Crippen molar-refractivity contribution >= 4 is 5.78 Å². The molecule has 4 heteroatoms. The first-order valence-corrected chi connectivity index (χ1v) is 4.95. The molecule has 0 aliphatic heterocycles. The Morgan fingerprint density at radius 2 is 1.75 bits per heavy atom. The van der Waals surface area contributed by atoms with Gasteiger partial charge in [-0.25, -0.2) is 0 Å². The summed E-state index contributed by atoms with van der Waals surface area (Å²) >= 11 is 0. The Morgan fingerprint density at radius 3 is 2.19 bits per heavy atom. The third-order valence-electron chi connectivity index (χ3n) is 2.21. The molecule has 1 rings (SSSR count). The molecule has 0 bridgehead atoms. The number of carbonyl (C=O) groups excluding carboxylic acids is 1. The van der Waals surface area contributed by atoms with Gasteiger partial charge in [0, 0.05) is 11.5 Å². The highest BCUT2D eigenvalue weighted by Crippen LogP contribution is 2.31.